The van der Waals surface area contributed by atoms with Gasteiger partial charge in [-0.15, -0.1) is 0 Å². The lowest BCUT2D eigenvalue weighted by atomic mass is 9.96. The van der Waals surface area contributed by atoms with Crippen LogP contribution in [0.25, 0.3) is 0 Å². The fourth-order valence-electron chi connectivity index (χ4n) is 2.67. The Bertz CT molecular complexity index is 468. The second-order valence-electron chi connectivity index (χ2n) is 5.34. The minimum absolute atomic E-state index is 0.0582. The zero-order valence-corrected chi connectivity index (χ0v) is 12.0. The van der Waals surface area contributed by atoms with Gasteiger partial charge in [0.25, 0.3) is 0 Å². The van der Waals surface area contributed by atoms with Crippen LogP contribution in [-0.2, 0) is 11.2 Å². The van der Waals surface area contributed by atoms with Gasteiger partial charge in [0.1, 0.15) is 5.75 Å². The number of nitrogen functional groups attached to an aromatic ring is 1. The maximum absolute atomic E-state index is 11.1. The zero-order valence-electron chi connectivity index (χ0n) is 12.0. The number of benzene rings is 1. The van der Waals surface area contributed by atoms with E-state index in [1.807, 2.05) is 18.2 Å². The van der Waals surface area contributed by atoms with Gasteiger partial charge in [-0.25, -0.2) is 0 Å². The molecule has 1 aromatic rings. The maximum atomic E-state index is 11.1. The minimum Gasteiger partial charge on any atom is -0.495 e. The van der Waals surface area contributed by atoms with E-state index in [9.17, 15) is 4.79 Å². The number of carbonyl (C=O) groups is 1. The molecule has 4 N–H and O–H groups in total. The first-order valence-electron chi connectivity index (χ1n) is 7.04. The molecule has 0 aromatic heterocycles. The topological polar surface area (TPSA) is 81.6 Å². The molecule has 2 rings (SSSR count). The van der Waals surface area contributed by atoms with Crippen LogP contribution in [0.1, 0.15) is 18.4 Å². The van der Waals surface area contributed by atoms with E-state index < -0.39 is 0 Å². The molecule has 1 aliphatic heterocycles. The van der Waals surface area contributed by atoms with Gasteiger partial charge in [0, 0.05) is 12.5 Å². The number of nitrogens with zero attached hydrogens (tertiary/aromatic N) is 1. The molecule has 0 radical (unpaired) electrons. The fourth-order valence-corrected chi connectivity index (χ4v) is 2.67. The Hall–Kier alpha value is -1.75. The molecule has 1 amide bonds. The average molecular weight is 277 g/mol. The predicted molar refractivity (Wildman–Crippen MR) is 79.5 cm³/mol. The van der Waals surface area contributed by atoms with E-state index in [1.54, 1.807) is 7.11 Å². The monoisotopic (exact) mass is 277 g/mol. The summed E-state index contributed by atoms with van der Waals surface area (Å²) in [6, 6.07) is 5.92. The van der Waals surface area contributed by atoms with Gasteiger partial charge in [-0.2, -0.15) is 0 Å². The molecule has 5 heteroatoms. The lowest BCUT2D eigenvalue weighted by Crippen LogP contribution is -2.39. The normalized spacial score (nSPS) is 17.1. The van der Waals surface area contributed by atoms with E-state index in [4.69, 9.17) is 16.2 Å². The number of nitrogens with two attached hydrogens (primary N) is 2. The van der Waals surface area contributed by atoms with Crippen molar-refractivity contribution in [2.24, 2.45) is 11.7 Å². The Balaban J connectivity index is 1.81. The van der Waals surface area contributed by atoms with Crippen molar-refractivity contribution in [1.82, 2.24) is 4.90 Å². The highest BCUT2D eigenvalue weighted by Crippen LogP contribution is 2.23. The van der Waals surface area contributed by atoms with Gasteiger partial charge in [0.2, 0.25) is 5.91 Å². The van der Waals surface area contributed by atoms with Crippen molar-refractivity contribution < 1.29 is 9.53 Å². The number of anilines is 1. The van der Waals surface area contributed by atoms with Crippen LogP contribution in [0.5, 0.6) is 5.75 Å². The van der Waals surface area contributed by atoms with Crippen LogP contribution in [0.3, 0.4) is 0 Å². The van der Waals surface area contributed by atoms with Crippen molar-refractivity contribution in [3.8, 4) is 5.75 Å². The lowest BCUT2D eigenvalue weighted by molar-refractivity contribution is -0.123. The van der Waals surface area contributed by atoms with E-state index in [-0.39, 0.29) is 11.8 Å². The average Bonchev–Trinajstić information content (AvgIpc) is 2.45. The van der Waals surface area contributed by atoms with Crippen LogP contribution in [0.2, 0.25) is 0 Å². The van der Waals surface area contributed by atoms with Crippen LogP contribution in [0.4, 0.5) is 5.69 Å². The van der Waals surface area contributed by atoms with Gasteiger partial charge in [0.15, 0.2) is 0 Å². The summed E-state index contributed by atoms with van der Waals surface area (Å²) in [4.78, 5) is 13.5. The van der Waals surface area contributed by atoms with E-state index in [0.717, 1.165) is 44.6 Å². The molecule has 1 fully saturated rings. The second-order valence-corrected chi connectivity index (χ2v) is 5.34. The van der Waals surface area contributed by atoms with Crippen LogP contribution in [-0.4, -0.2) is 37.6 Å². The molecular weight excluding hydrogens is 254 g/mol. The number of likely N-dealkylation sites (tertiary alicyclic amines) is 1. The molecule has 1 saturated heterocycles. The van der Waals surface area contributed by atoms with E-state index in [0.29, 0.717) is 5.69 Å². The molecule has 1 heterocycles. The highest BCUT2D eigenvalue weighted by molar-refractivity contribution is 5.76. The molecule has 5 nitrogen and oxygen atoms in total. The van der Waals surface area contributed by atoms with Crippen LogP contribution >= 0.6 is 0 Å². The summed E-state index contributed by atoms with van der Waals surface area (Å²) >= 11 is 0. The largest absolute Gasteiger partial charge is 0.495 e. The highest BCUT2D eigenvalue weighted by Gasteiger charge is 2.22. The lowest BCUT2D eigenvalue weighted by Gasteiger charge is -2.30. The van der Waals surface area contributed by atoms with Crippen molar-refractivity contribution in [2.75, 3.05) is 32.5 Å². The molecule has 110 valence electrons. The van der Waals surface area contributed by atoms with Gasteiger partial charge in [-0.3, -0.25) is 4.79 Å². The van der Waals surface area contributed by atoms with Crippen molar-refractivity contribution in [1.29, 1.82) is 0 Å². The highest BCUT2D eigenvalue weighted by atomic mass is 16.5. The van der Waals surface area contributed by atoms with Crippen LogP contribution in [0.15, 0.2) is 18.2 Å². The Kier molecular flexibility index (Phi) is 4.84. The van der Waals surface area contributed by atoms with Crippen molar-refractivity contribution in [3.63, 3.8) is 0 Å². The number of hydrogen-bond donors (Lipinski definition) is 2. The molecule has 0 atom stereocenters. The molecule has 0 bridgehead atoms. The van der Waals surface area contributed by atoms with Crippen LogP contribution in [0, 0.1) is 5.92 Å². The molecule has 1 aromatic carbocycles. The van der Waals surface area contributed by atoms with Gasteiger partial charge >= 0.3 is 0 Å². The van der Waals surface area contributed by atoms with E-state index in [1.165, 1.54) is 5.56 Å². The third kappa shape index (κ3) is 3.63. The number of amides is 1. The van der Waals surface area contributed by atoms with Gasteiger partial charge < -0.3 is 21.1 Å². The van der Waals surface area contributed by atoms with Gasteiger partial charge in [-0.1, -0.05) is 6.07 Å². The summed E-state index contributed by atoms with van der Waals surface area (Å²) in [7, 11) is 1.62. The number of hydrogen-bond acceptors (Lipinski definition) is 4. The number of carbonyl (C=O) groups excluding carboxylic acids is 1. The van der Waals surface area contributed by atoms with Gasteiger partial charge in [0.05, 0.1) is 12.8 Å². The SMILES string of the molecule is COc1ccc(CCN2CCC(C(N)=O)CC2)cc1N. The Morgan fingerprint density at radius 2 is 2.10 bits per heavy atom. The quantitative estimate of drug-likeness (QED) is 0.787. The second kappa shape index (κ2) is 6.61. The molecule has 1 aliphatic rings. The summed E-state index contributed by atoms with van der Waals surface area (Å²) < 4.78 is 5.15. The maximum Gasteiger partial charge on any atom is 0.220 e. The Labute approximate surface area is 119 Å². The molecule has 20 heavy (non-hydrogen) atoms. The molecule has 0 spiro atoms. The third-order valence-corrected chi connectivity index (χ3v) is 4.00. The summed E-state index contributed by atoms with van der Waals surface area (Å²) in [5.74, 6) is 0.617. The number of rotatable bonds is 5. The summed E-state index contributed by atoms with van der Waals surface area (Å²) in [6.07, 6.45) is 2.70. The minimum atomic E-state index is -0.160. The fraction of sp³-hybridized carbons (Fsp3) is 0.533. The summed E-state index contributed by atoms with van der Waals surface area (Å²) in [5.41, 5.74) is 13.1. The van der Waals surface area contributed by atoms with Crippen molar-refractivity contribution >= 4 is 11.6 Å². The van der Waals surface area contributed by atoms with Crippen molar-refractivity contribution in [3.05, 3.63) is 23.8 Å². The first-order chi connectivity index (χ1) is 9.60. The van der Waals surface area contributed by atoms with E-state index >= 15 is 0 Å². The standard InChI is InChI=1S/C15H23N3O2/c1-20-14-3-2-11(10-13(14)16)4-7-18-8-5-12(6-9-18)15(17)19/h2-3,10,12H,4-9,16H2,1H3,(H2,17,19). The van der Waals surface area contributed by atoms with E-state index in [2.05, 4.69) is 4.90 Å². The number of primary amides is 1. The molecule has 0 unspecified atom stereocenters. The third-order valence-electron chi connectivity index (χ3n) is 4.00. The number of ether oxygens (including phenoxy) is 1. The number of piperidine rings is 1. The zero-order chi connectivity index (χ0) is 14.5. The Morgan fingerprint density at radius 3 is 2.65 bits per heavy atom. The van der Waals surface area contributed by atoms with Crippen LogP contribution < -0.4 is 16.2 Å². The Morgan fingerprint density at radius 1 is 1.40 bits per heavy atom. The van der Waals surface area contributed by atoms with Gasteiger partial charge in [-0.05, 0) is 50.0 Å². The predicted octanol–water partition coefficient (Wildman–Crippen LogP) is 1.02. The number of methoxy groups -OCH3 is 1. The first-order valence-corrected chi connectivity index (χ1v) is 7.04. The molecule has 0 aliphatic carbocycles. The smallest absolute Gasteiger partial charge is 0.220 e. The summed E-state index contributed by atoms with van der Waals surface area (Å²) in [5, 5.41) is 0. The molecular formula is C15H23N3O2. The first kappa shape index (κ1) is 14.7. The van der Waals surface area contributed by atoms with Crippen molar-refractivity contribution in [2.45, 2.75) is 19.3 Å². The summed E-state index contributed by atoms with van der Waals surface area (Å²) in [6.45, 7) is 2.87. The molecule has 0 saturated carbocycles.